The van der Waals surface area contributed by atoms with E-state index in [9.17, 15) is 24.8 Å². The van der Waals surface area contributed by atoms with Crippen LogP contribution in [0.3, 0.4) is 0 Å². The number of fused-ring (bicyclic) bond motifs is 1. The maximum atomic E-state index is 11.8. The number of nitrogens with zero attached hydrogens (tertiary/aromatic N) is 1. The summed E-state index contributed by atoms with van der Waals surface area (Å²) in [7, 11) is 0. The monoisotopic (exact) mass is 349 g/mol. The Morgan fingerprint density at radius 1 is 1.40 bits per heavy atom. The number of hydrogen-bond acceptors (Lipinski definition) is 5. The van der Waals surface area contributed by atoms with Crippen LogP contribution < -0.4 is 5.32 Å². The summed E-state index contributed by atoms with van der Waals surface area (Å²) in [5, 5.41) is 23.1. The van der Waals surface area contributed by atoms with E-state index in [1.807, 2.05) is 0 Å². The first kappa shape index (κ1) is 18.2. The molecule has 1 aromatic heterocycles. The molecule has 3 N–H and O–H groups in total. The molecule has 0 spiro atoms. The molecule has 1 amide bonds. The summed E-state index contributed by atoms with van der Waals surface area (Å²) in [6.45, 7) is 5.00. The van der Waals surface area contributed by atoms with Gasteiger partial charge >= 0.3 is 12.1 Å². The number of benzene rings is 1. The SMILES string of the molecule is CC(C)(C)OC(=O)NC(Cc1c[nH]c2ccc([N+](=O)[O-])cc12)C(=O)O. The van der Waals surface area contributed by atoms with Gasteiger partial charge in [-0.05, 0) is 32.4 Å². The second-order valence-electron chi connectivity index (χ2n) is 6.54. The highest BCUT2D eigenvalue weighted by atomic mass is 16.6. The summed E-state index contributed by atoms with van der Waals surface area (Å²) in [4.78, 5) is 36.6. The number of nitro benzene ring substituents is 1. The summed E-state index contributed by atoms with van der Waals surface area (Å²) in [6.07, 6.45) is 0.683. The van der Waals surface area contributed by atoms with Crippen LogP contribution in [0.1, 0.15) is 26.3 Å². The molecule has 25 heavy (non-hydrogen) atoms. The smallest absolute Gasteiger partial charge is 0.408 e. The predicted molar refractivity (Wildman–Crippen MR) is 89.5 cm³/mol. The maximum Gasteiger partial charge on any atom is 0.408 e. The number of hydrogen-bond donors (Lipinski definition) is 3. The Morgan fingerprint density at radius 3 is 2.64 bits per heavy atom. The lowest BCUT2D eigenvalue weighted by Gasteiger charge is -2.21. The van der Waals surface area contributed by atoms with E-state index in [0.29, 0.717) is 16.5 Å². The molecule has 2 aromatic rings. The predicted octanol–water partition coefficient (Wildman–Crippen LogP) is 2.60. The third kappa shape index (κ3) is 4.69. The van der Waals surface area contributed by atoms with Crippen molar-refractivity contribution in [2.75, 3.05) is 0 Å². The van der Waals surface area contributed by atoms with E-state index in [1.54, 1.807) is 33.0 Å². The van der Waals surface area contributed by atoms with Gasteiger partial charge in [0, 0.05) is 35.7 Å². The number of ether oxygens (including phenoxy) is 1. The van der Waals surface area contributed by atoms with Crippen LogP contribution in [0, 0.1) is 10.1 Å². The quantitative estimate of drug-likeness (QED) is 0.561. The first-order valence-corrected chi connectivity index (χ1v) is 7.53. The van der Waals surface area contributed by atoms with Gasteiger partial charge in [0.05, 0.1) is 4.92 Å². The number of aromatic amines is 1. The van der Waals surface area contributed by atoms with Crippen molar-refractivity contribution in [2.24, 2.45) is 0 Å². The standard InChI is InChI=1S/C16H19N3O6/c1-16(2,3)25-15(22)18-13(14(20)21)6-9-8-17-12-5-4-10(19(23)24)7-11(9)12/h4-5,7-8,13,17H,6H2,1-3H3,(H,18,22)(H,20,21). The molecule has 1 unspecified atom stereocenters. The molecule has 0 saturated carbocycles. The minimum Gasteiger partial charge on any atom is -0.480 e. The van der Waals surface area contributed by atoms with Crippen molar-refractivity contribution >= 4 is 28.7 Å². The molecule has 2 rings (SSSR count). The minimum atomic E-state index is -1.23. The molecule has 1 heterocycles. The second-order valence-corrected chi connectivity index (χ2v) is 6.54. The highest BCUT2D eigenvalue weighted by Crippen LogP contribution is 2.24. The van der Waals surface area contributed by atoms with Gasteiger partial charge in [-0.2, -0.15) is 0 Å². The van der Waals surface area contributed by atoms with E-state index in [4.69, 9.17) is 4.74 Å². The van der Waals surface area contributed by atoms with Crippen molar-refractivity contribution in [2.45, 2.75) is 38.8 Å². The highest BCUT2D eigenvalue weighted by molar-refractivity contribution is 5.87. The Labute approximate surface area is 143 Å². The van der Waals surface area contributed by atoms with Gasteiger partial charge in [0.15, 0.2) is 0 Å². The lowest BCUT2D eigenvalue weighted by molar-refractivity contribution is -0.384. The number of nitro groups is 1. The first-order chi connectivity index (χ1) is 11.6. The number of H-pyrrole nitrogens is 1. The molecule has 0 saturated heterocycles. The molecule has 0 aliphatic rings. The van der Waals surface area contributed by atoms with Crippen molar-refractivity contribution in [3.63, 3.8) is 0 Å². The Kier molecular flexibility index (Phi) is 4.96. The van der Waals surface area contributed by atoms with Gasteiger partial charge in [0.1, 0.15) is 11.6 Å². The van der Waals surface area contributed by atoms with Gasteiger partial charge < -0.3 is 20.1 Å². The molecule has 0 bridgehead atoms. The van der Waals surface area contributed by atoms with Crippen molar-refractivity contribution in [3.8, 4) is 0 Å². The maximum absolute atomic E-state index is 11.8. The topological polar surface area (TPSA) is 135 Å². The first-order valence-electron chi connectivity index (χ1n) is 7.53. The summed E-state index contributed by atoms with van der Waals surface area (Å²) in [6, 6.07) is 3.05. The number of carboxylic acid groups (broad SMARTS) is 1. The summed E-state index contributed by atoms with van der Waals surface area (Å²) < 4.78 is 5.07. The molecule has 9 nitrogen and oxygen atoms in total. The number of amides is 1. The van der Waals surface area contributed by atoms with E-state index in [1.165, 1.54) is 12.1 Å². The molecule has 0 fully saturated rings. The fourth-order valence-corrected chi connectivity index (χ4v) is 2.32. The van der Waals surface area contributed by atoms with Gasteiger partial charge in [-0.25, -0.2) is 9.59 Å². The number of aromatic nitrogens is 1. The van der Waals surface area contributed by atoms with Crippen LogP contribution in [-0.4, -0.2) is 38.7 Å². The van der Waals surface area contributed by atoms with Gasteiger partial charge in [-0.1, -0.05) is 0 Å². The Hall–Kier alpha value is -3.10. The molecular weight excluding hydrogens is 330 g/mol. The molecule has 1 atom stereocenters. The van der Waals surface area contributed by atoms with Crippen LogP contribution in [0.2, 0.25) is 0 Å². The van der Waals surface area contributed by atoms with E-state index >= 15 is 0 Å². The number of rotatable bonds is 5. The van der Waals surface area contributed by atoms with Crippen LogP contribution in [0.15, 0.2) is 24.4 Å². The van der Waals surface area contributed by atoms with Crippen LogP contribution in [0.25, 0.3) is 10.9 Å². The molecule has 0 aliphatic carbocycles. The van der Waals surface area contributed by atoms with Gasteiger partial charge in [0.2, 0.25) is 0 Å². The Bertz CT molecular complexity index is 821. The van der Waals surface area contributed by atoms with E-state index in [-0.39, 0.29) is 12.1 Å². The summed E-state index contributed by atoms with van der Waals surface area (Å²) in [5.41, 5.74) is 0.332. The Balaban J connectivity index is 2.23. The number of carbonyl (C=O) groups excluding carboxylic acids is 1. The zero-order valence-electron chi connectivity index (χ0n) is 14.0. The van der Waals surface area contributed by atoms with Crippen molar-refractivity contribution < 1.29 is 24.4 Å². The van der Waals surface area contributed by atoms with E-state index in [2.05, 4.69) is 10.3 Å². The summed E-state index contributed by atoms with van der Waals surface area (Å²) >= 11 is 0. The van der Waals surface area contributed by atoms with E-state index in [0.717, 1.165) is 0 Å². The third-order valence-corrected chi connectivity index (χ3v) is 3.37. The van der Waals surface area contributed by atoms with E-state index < -0.39 is 28.6 Å². The molecule has 9 heteroatoms. The largest absolute Gasteiger partial charge is 0.480 e. The van der Waals surface area contributed by atoms with Gasteiger partial charge in [0.25, 0.3) is 5.69 Å². The average Bonchev–Trinajstić information content (AvgIpc) is 2.86. The zero-order chi connectivity index (χ0) is 18.8. The zero-order valence-corrected chi connectivity index (χ0v) is 14.0. The molecule has 0 radical (unpaired) electrons. The third-order valence-electron chi connectivity index (χ3n) is 3.37. The lowest BCUT2D eigenvalue weighted by Crippen LogP contribution is -2.44. The second kappa shape index (κ2) is 6.80. The van der Waals surface area contributed by atoms with Crippen LogP contribution in [0.5, 0.6) is 0 Å². The number of carbonyl (C=O) groups is 2. The fraction of sp³-hybridized carbons (Fsp3) is 0.375. The number of nitrogens with one attached hydrogen (secondary N) is 2. The number of carboxylic acids is 1. The number of non-ortho nitro benzene ring substituents is 1. The number of alkyl carbamates (subject to hydrolysis) is 1. The Morgan fingerprint density at radius 2 is 2.08 bits per heavy atom. The fourth-order valence-electron chi connectivity index (χ4n) is 2.32. The van der Waals surface area contributed by atoms with Crippen LogP contribution in [-0.2, 0) is 16.0 Å². The van der Waals surface area contributed by atoms with Gasteiger partial charge in [-0.3, -0.25) is 10.1 Å². The molecule has 1 aromatic carbocycles. The average molecular weight is 349 g/mol. The van der Waals surface area contributed by atoms with Crippen LogP contribution >= 0.6 is 0 Å². The van der Waals surface area contributed by atoms with Crippen molar-refractivity contribution in [1.29, 1.82) is 0 Å². The van der Waals surface area contributed by atoms with Crippen molar-refractivity contribution in [3.05, 3.63) is 40.1 Å². The lowest BCUT2D eigenvalue weighted by atomic mass is 10.0. The summed E-state index contributed by atoms with van der Waals surface area (Å²) in [5.74, 6) is -1.23. The molecule has 0 aliphatic heterocycles. The number of aliphatic carboxylic acids is 1. The van der Waals surface area contributed by atoms with Gasteiger partial charge in [-0.15, -0.1) is 0 Å². The van der Waals surface area contributed by atoms with Crippen LogP contribution in [0.4, 0.5) is 10.5 Å². The molecule has 134 valence electrons. The minimum absolute atomic E-state index is 0.0459. The molecular formula is C16H19N3O6. The highest BCUT2D eigenvalue weighted by Gasteiger charge is 2.25. The normalized spacial score (nSPS) is 12.6. The van der Waals surface area contributed by atoms with Crippen molar-refractivity contribution in [1.82, 2.24) is 10.3 Å².